The van der Waals surface area contributed by atoms with Gasteiger partial charge in [0.2, 0.25) is 0 Å². The van der Waals surface area contributed by atoms with E-state index in [2.05, 4.69) is 311 Å². The van der Waals surface area contributed by atoms with Crippen molar-refractivity contribution in [3.05, 3.63) is 288 Å². The van der Waals surface area contributed by atoms with Gasteiger partial charge in [0.1, 0.15) is 22.3 Å². The minimum atomic E-state index is 0.848. The van der Waals surface area contributed by atoms with Crippen molar-refractivity contribution >= 4 is 119 Å². The Morgan fingerprint density at radius 3 is 0.675 bits per heavy atom. The van der Waals surface area contributed by atoms with Gasteiger partial charge < -0.3 is 8.83 Å². The lowest BCUT2D eigenvalue weighted by Crippen LogP contribution is -1.88. The van der Waals surface area contributed by atoms with Crippen molar-refractivity contribution in [1.29, 1.82) is 0 Å². The topological polar surface area (TPSA) is 26.3 Å². The van der Waals surface area contributed by atoms with Crippen molar-refractivity contribution in [3.63, 3.8) is 0 Å². The molecular formula is C76H46Br2O2. The quantitative estimate of drug-likeness (QED) is 0.166. The molecule has 0 saturated heterocycles. The van der Waals surface area contributed by atoms with E-state index < -0.39 is 0 Å². The number of rotatable bonds is 6. The number of hydrogen-bond donors (Lipinski definition) is 0. The molecule has 0 amide bonds. The Labute approximate surface area is 479 Å². The van der Waals surface area contributed by atoms with Gasteiger partial charge in [-0.15, -0.1) is 0 Å². The molecule has 0 aliphatic rings. The van der Waals surface area contributed by atoms with Crippen LogP contribution in [0.2, 0.25) is 0 Å². The first-order valence-corrected chi connectivity index (χ1v) is 28.5. The second-order valence-electron chi connectivity index (χ2n) is 20.4. The lowest BCUT2D eigenvalue weighted by Gasteiger charge is -2.14. The van der Waals surface area contributed by atoms with Crippen molar-refractivity contribution in [1.82, 2.24) is 0 Å². The Balaban J connectivity index is 0.000000142. The number of benzene rings is 14. The third-order valence-corrected chi connectivity index (χ3v) is 17.0. The maximum absolute atomic E-state index is 7.40. The minimum Gasteiger partial charge on any atom is -0.455 e. The van der Waals surface area contributed by atoms with Gasteiger partial charge in [-0.2, -0.15) is 0 Å². The standard InChI is InChI=1S/C44H28O.C32H18Br2O/c1-5-15-29(16-6-1)37-27-39(31-19-9-3-10-20-31)43-41-33(23-13-25-35(37)41)34-24-14-26-36-38(30-17-7-2-8-18-30)28-40(44(45-43)42(34)36)32-21-11-4-12-22-32;33-27-17-25(19-9-3-1-4-10-19)23-15-7-13-21-22-14-8-16-24-26(20-11-5-2-6-12-20)18-28(34)32(30(22)24)35-31(27)29(21)23/h1-28H;1-18H. The van der Waals surface area contributed by atoms with Crippen LogP contribution in [0, 0.1) is 0 Å². The second-order valence-corrected chi connectivity index (χ2v) is 22.1. The van der Waals surface area contributed by atoms with Crippen LogP contribution in [-0.2, 0) is 0 Å². The van der Waals surface area contributed by atoms with Gasteiger partial charge >= 0.3 is 0 Å². The van der Waals surface area contributed by atoms with Crippen LogP contribution in [0.4, 0.5) is 0 Å². The molecule has 2 aromatic heterocycles. The first-order valence-electron chi connectivity index (χ1n) is 26.9. The third kappa shape index (κ3) is 7.97. The van der Waals surface area contributed by atoms with E-state index in [9.17, 15) is 0 Å². The van der Waals surface area contributed by atoms with Crippen LogP contribution in [0.1, 0.15) is 0 Å². The van der Waals surface area contributed by atoms with E-state index in [4.69, 9.17) is 8.83 Å². The van der Waals surface area contributed by atoms with E-state index in [0.717, 1.165) is 75.1 Å². The molecular weight excluding hydrogens is 1100 g/mol. The molecule has 80 heavy (non-hydrogen) atoms. The molecule has 16 aromatic rings. The summed E-state index contributed by atoms with van der Waals surface area (Å²) >= 11 is 7.71. The molecule has 4 heteroatoms. The molecule has 0 aliphatic heterocycles. The predicted molar refractivity (Wildman–Crippen MR) is 345 cm³/mol. The van der Waals surface area contributed by atoms with Gasteiger partial charge in [0.25, 0.3) is 0 Å². The zero-order chi connectivity index (χ0) is 53.3. The molecule has 2 nitrogen and oxygen atoms in total. The van der Waals surface area contributed by atoms with E-state index in [1.54, 1.807) is 0 Å². The SMILES string of the molecule is Brc1cc(-c2ccccc2)c2cccc3c4cccc5c(-c6ccccc6)cc(Br)c(oc1c23)c54.c1ccc(-c2cc(-c3ccccc3)c3oc4c(-c5ccccc5)cc(-c5ccccc5)c5cccc(c6cccc2c36)c54)cc1. The third-order valence-electron chi connectivity index (χ3n) is 15.9. The highest BCUT2D eigenvalue weighted by Crippen LogP contribution is 2.49. The molecule has 16 rings (SSSR count). The summed E-state index contributed by atoms with van der Waals surface area (Å²) < 4.78 is 16.1. The summed E-state index contributed by atoms with van der Waals surface area (Å²) in [5.74, 6) is 0. The lowest BCUT2D eigenvalue weighted by atomic mass is 9.89. The van der Waals surface area contributed by atoms with E-state index in [1.807, 2.05) is 0 Å². The molecule has 0 fully saturated rings. The van der Waals surface area contributed by atoms with Crippen LogP contribution in [0.25, 0.3) is 154 Å². The monoisotopic (exact) mass is 1150 g/mol. The van der Waals surface area contributed by atoms with Crippen LogP contribution in [0.5, 0.6) is 0 Å². The molecule has 0 spiro atoms. The second kappa shape index (κ2) is 19.8. The average molecular weight is 1150 g/mol. The van der Waals surface area contributed by atoms with Crippen LogP contribution in [0.15, 0.2) is 297 Å². The molecule has 0 bridgehead atoms. The zero-order valence-corrected chi connectivity index (χ0v) is 46.3. The molecule has 0 unspecified atom stereocenters. The Morgan fingerprint density at radius 2 is 0.400 bits per heavy atom. The van der Waals surface area contributed by atoms with Crippen LogP contribution in [-0.4, -0.2) is 0 Å². The largest absolute Gasteiger partial charge is 0.455 e. The highest BCUT2D eigenvalue weighted by atomic mass is 79.9. The Kier molecular flexibility index (Phi) is 11.9. The summed E-state index contributed by atoms with van der Waals surface area (Å²) in [6, 6.07) is 99.3. The summed E-state index contributed by atoms with van der Waals surface area (Å²) in [4.78, 5) is 0. The van der Waals surface area contributed by atoms with E-state index in [1.165, 1.54) is 87.6 Å². The average Bonchev–Trinajstić information content (AvgIpc) is 3.86. The van der Waals surface area contributed by atoms with Crippen molar-refractivity contribution in [2.24, 2.45) is 0 Å². The van der Waals surface area contributed by atoms with Gasteiger partial charge in [0.05, 0.1) is 8.95 Å². The molecule has 0 aliphatic carbocycles. The first kappa shape index (κ1) is 47.9. The fourth-order valence-corrected chi connectivity index (χ4v) is 13.3. The van der Waals surface area contributed by atoms with E-state index in [-0.39, 0.29) is 0 Å². The summed E-state index contributed by atoms with van der Waals surface area (Å²) in [5, 5.41) is 14.0. The number of fused-ring (bicyclic) bond motifs is 2. The number of hydrogen-bond acceptors (Lipinski definition) is 2. The molecule has 0 N–H and O–H groups in total. The van der Waals surface area contributed by atoms with E-state index >= 15 is 0 Å². The molecule has 0 radical (unpaired) electrons. The van der Waals surface area contributed by atoms with Crippen molar-refractivity contribution in [2.45, 2.75) is 0 Å². The Morgan fingerprint density at radius 1 is 0.188 bits per heavy atom. The fraction of sp³-hybridized carbons (Fsp3) is 0. The Bertz CT molecular complexity index is 4720. The molecule has 2 heterocycles. The van der Waals surface area contributed by atoms with Crippen LogP contribution in [0.3, 0.4) is 0 Å². The van der Waals surface area contributed by atoms with Gasteiger partial charge in [0.15, 0.2) is 0 Å². The summed E-state index contributed by atoms with van der Waals surface area (Å²) in [7, 11) is 0. The van der Waals surface area contributed by atoms with Crippen LogP contribution >= 0.6 is 31.9 Å². The fourth-order valence-electron chi connectivity index (χ4n) is 12.3. The van der Waals surface area contributed by atoms with Crippen molar-refractivity contribution < 1.29 is 8.83 Å². The summed E-state index contributed by atoms with van der Waals surface area (Å²) in [6.07, 6.45) is 0. The highest BCUT2D eigenvalue weighted by molar-refractivity contribution is 9.11. The van der Waals surface area contributed by atoms with Crippen molar-refractivity contribution in [2.75, 3.05) is 0 Å². The summed E-state index contributed by atoms with van der Waals surface area (Å²) in [6.45, 7) is 0. The lowest BCUT2D eigenvalue weighted by molar-refractivity contribution is 0.660. The molecule has 376 valence electrons. The van der Waals surface area contributed by atoms with Gasteiger partial charge in [-0.1, -0.05) is 255 Å². The minimum absolute atomic E-state index is 0.848. The maximum atomic E-state index is 7.40. The maximum Gasteiger partial charge on any atom is 0.150 e. The van der Waals surface area contributed by atoms with Gasteiger partial charge in [0, 0.05) is 32.7 Å². The van der Waals surface area contributed by atoms with Gasteiger partial charge in [-0.05, 0) is 155 Å². The van der Waals surface area contributed by atoms with Gasteiger partial charge in [-0.3, -0.25) is 0 Å². The predicted octanol–water partition coefficient (Wildman–Crippen LogP) is 23.3. The van der Waals surface area contributed by atoms with Crippen molar-refractivity contribution in [3.8, 4) is 66.8 Å². The Hall–Kier alpha value is -9.32. The first-order chi connectivity index (χ1) is 39.6. The summed E-state index contributed by atoms with van der Waals surface area (Å²) in [5.41, 5.74) is 17.4. The molecule has 14 aromatic carbocycles. The highest BCUT2D eigenvalue weighted by Gasteiger charge is 2.23. The molecule has 0 atom stereocenters. The zero-order valence-electron chi connectivity index (χ0n) is 43.1. The smallest absolute Gasteiger partial charge is 0.150 e. The van der Waals surface area contributed by atoms with Crippen LogP contribution < -0.4 is 0 Å². The van der Waals surface area contributed by atoms with E-state index in [0.29, 0.717) is 0 Å². The normalized spacial score (nSPS) is 11.6. The van der Waals surface area contributed by atoms with Gasteiger partial charge in [-0.25, -0.2) is 0 Å². The number of halogens is 2. The molecule has 0 saturated carbocycles.